The summed E-state index contributed by atoms with van der Waals surface area (Å²) in [7, 11) is 0. The predicted molar refractivity (Wildman–Crippen MR) is 34.2 cm³/mol. The van der Waals surface area contributed by atoms with Crippen molar-refractivity contribution in [3.8, 4) is 0 Å². The molecule has 0 unspecified atom stereocenters. The molecule has 0 fully saturated rings. The number of halogens is 1. The zero-order chi connectivity index (χ0) is 8.85. The molecule has 0 aromatic carbocycles. The smallest absolute Gasteiger partial charge is 0.411 e. The summed E-state index contributed by atoms with van der Waals surface area (Å²) in [6.07, 6.45) is -0.725. The minimum absolute atomic E-state index is 0.353. The zero-order valence-electron chi connectivity index (χ0n) is 5.37. The second kappa shape index (κ2) is 4.68. The number of carboxylic acid groups (broad SMARTS) is 1. The van der Waals surface area contributed by atoms with Crippen LogP contribution in [0.4, 0.5) is 4.79 Å². The normalized spacial score (nSPS) is 8.82. The first-order valence-corrected chi connectivity index (χ1v) is 3.02. The Kier molecular flexibility index (Phi) is 4.21. The van der Waals surface area contributed by atoms with Crippen molar-refractivity contribution in [1.29, 1.82) is 0 Å². The van der Waals surface area contributed by atoms with Crippen molar-refractivity contribution in [1.82, 2.24) is 0 Å². The van der Waals surface area contributed by atoms with Gasteiger partial charge in [0.05, 0.1) is 12.8 Å². The molecule has 0 atom stereocenters. The van der Waals surface area contributed by atoms with Crippen LogP contribution in [0.15, 0.2) is 0 Å². The van der Waals surface area contributed by atoms with E-state index in [9.17, 15) is 14.4 Å². The SMILES string of the molecule is O=C(O)CCC(=O)OC(=O)Cl. The van der Waals surface area contributed by atoms with Gasteiger partial charge < -0.3 is 9.84 Å². The fraction of sp³-hybridized carbons (Fsp3) is 0.400. The number of aliphatic carboxylic acids is 1. The van der Waals surface area contributed by atoms with Crippen LogP contribution >= 0.6 is 11.6 Å². The minimum atomic E-state index is -1.25. The van der Waals surface area contributed by atoms with Gasteiger partial charge in [0.1, 0.15) is 0 Å². The molecule has 6 heteroatoms. The molecule has 1 N–H and O–H groups in total. The number of rotatable bonds is 3. The molecule has 62 valence electrons. The summed E-state index contributed by atoms with van der Waals surface area (Å²) in [5.74, 6) is -2.07. The Bertz CT molecular complexity index is 187. The largest absolute Gasteiger partial charge is 0.481 e. The van der Waals surface area contributed by atoms with Crippen LogP contribution in [-0.2, 0) is 14.3 Å². The van der Waals surface area contributed by atoms with Crippen molar-refractivity contribution in [2.45, 2.75) is 12.8 Å². The molecule has 0 radical (unpaired) electrons. The van der Waals surface area contributed by atoms with E-state index in [4.69, 9.17) is 5.11 Å². The molecule has 5 nitrogen and oxygen atoms in total. The van der Waals surface area contributed by atoms with Crippen LogP contribution in [0.3, 0.4) is 0 Å². The fourth-order valence-corrected chi connectivity index (χ4v) is 0.436. The van der Waals surface area contributed by atoms with Crippen LogP contribution in [0.5, 0.6) is 0 Å². The Morgan fingerprint density at radius 1 is 1.27 bits per heavy atom. The number of carbonyl (C=O) groups excluding carboxylic acids is 2. The van der Waals surface area contributed by atoms with Crippen molar-refractivity contribution in [2.24, 2.45) is 0 Å². The third-order valence-electron chi connectivity index (χ3n) is 0.737. The summed E-state index contributed by atoms with van der Waals surface area (Å²) >= 11 is 4.66. The predicted octanol–water partition coefficient (Wildman–Crippen LogP) is 0.753. The molecule has 0 rings (SSSR count). The Morgan fingerprint density at radius 3 is 2.18 bits per heavy atom. The maximum Gasteiger partial charge on any atom is 0.411 e. The molecule has 0 aromatic rings. The molecule has 0 saturated carbocycles. The number of hydrogen-bond donors (Lipinski definition) is 1. The highest BCUT2D eigenvalue weighted by Crippen LogP contribution is 1.95. The maximum absolute atomic E-state index is 10.4. The summed E-state index contributed by atoms with van der Waals surface area (Å²) in [5, 5.41) is 8.07. The van der Waals surface area contributed by atoms with Crippen molar-refractivity contribution < 1.29 is 24.2 Å². The molecule has 0 spiro atoms. The molecule has 11 heavy (non-hydrogen) atoms. The van der Waals surface area contributed by atoms with Gasteiger partial charge in [-0.05, 0) is 0 Å². The third-order valence-corrected chi connectivity index (χ3v) is 0.814. The molecule has 0 aliphatic rings. The van der Waals surface area contributed by atoms with Gasteiger partial charge in [0.2, 0.25) is 0 Å². The molecular weight excluding hydrogens is 176 g/mol. The number of esters is 1. The van der Waals surface area contributed by atoms with E-state index in [-0.39, 0.29) is 12.8 Å². The molecule has 0 amide bonds. The molecule has 0 bridgehead atoms. The summed E-state index contributed by atoms with van der Waals surface area (Å²) in [6.45, 7) is 0. The van der Waals surface area contributed by atoms with E-state index in [1.165, 1.54) is 0 Å². The first-order valence-electron chi connectivity index (χ1n) is 2.64. The number of carboxylic acids is 1. The Morgan fingerprint density at radius 2 is 1.82 bits per heavy atom. The van der Waals surface area contributed by atoms with Gasteiger partial charge in [-0.1, -0.05) is 0 Å². The third kappa shape index (κ3) is 6.79. The monoisotopic (exact) mass is 180 g/mol. The first kappa shape index (κ1) is 9.90. The van der Waals surface area contributed by atoms with Gasteiger partial charge >= 0.3 is 17.4 Å². The van der Waals surface area contributed by atoms with Gasteiger partial charge in [0.25, 0.3) is 0 Å². The van der Waals surface area contributed by atoms with E-state index in [2.05, 4.69) is 16.3 Å². The van der Waals surface area contributed by atoms with E-state index in [1.807, 2.05) is 0 Å². The Labute approximate surface area is 66.9 Å². The van der Waals surface area contributed by atoms with E-state index >= 15 is 0 Å². The highest BCUT2D eigenvalue weighted by atomic mass is 35.5. The van der Waals surface area contributed by atoms with Crippen LogP contribution in [0.2, 0.25) is 0 Å². The summed E-state index contributed by atoms with van der Waals surface area (Å²) < 4.78 is 3.82. The van der Waals surface area contributed by atoms with Gasteiger partial charge in [0, 0.05) is 11.6 Å². The maximum atomic E-state index is 10.4. The quantitative estimate of drug-likeness (QED) is 0.394. The van der Waals surface area contributed by atoms with E-state index in [0.29, 0.717) is 0 Å². The standard InChI is InChI=1S/C5H5ClO5/c6-5(10)11-4(9)2-1-3(7)8/h1-2H2,(H,7,8). The van der Waals surface area contributed by atoms with Crippen molar-refractivity contribution in [3.63, 3.8) is 0 Å². The number of ether oxygens (including phenoxy) is 1. The zero-order valence-corrected chi connectivity index (χ0v) is 6.13. The molecule has 0 aliphatic carbocycles. The second-order valence-corrected chi connectivity index (χ2v) is 1.91. The summed E-state index contributed by atoms with van der Waals surface area (Å²) in [5.41, 5.74) is -1.25. The fourth-order valence-electron chi connectivity index (χ4n) is 0.350. The van der Waals surface area contributed by atoms with Gasteiger partial charge in [-0.2, -0.15) is 0 Å². The van der Waals surface area contributed by atoms with E-state index in [1.54, 1.807) is 0 Å². The number of carbonyl (C=O) groups is 3. The van der Waals surface area contributed by atoms with E-state index < -0.39 is 17.4 Å². The van der Waals surface area contributed by atoms with Gasteiger partial charge in [0.15, 0.2) is 0 Å². The minimum Gasteiger partial charge on any atom is -0.481 e. The van der Waals surface area contributed by atoms with E-state index in [0.717, 1.165) is 0 Å². The van der Waals surface area contributed by atoms with Gasteiger partial charge in [-0.15, -0.1) is 0 Å². The topological polar surface area (TPSA) is 80.7 Å². The lowest BCUT2D eigenvalue weighted by Gasteiger charge is -1.94. The van der Waals surface area contributed by atoms with Crippen molar-refractivity contribution >= 4 is 29.0 Å². The Balaban J connectivity index is 3.53. The van der Waals surface area contributed by atoms with Crippen LogP contribution in [0.25, 0.3) is 0 Å². The summed E-state index contributed by atoms with van der Waals surface area (Å²) in [4.78, 5) is 30.1. The average molecular weight is 181 g/mol. The summed E-state index contributed by atoms with van der Waals surface area (Å²) in [6, 6.07) is 0. The van der Waals surface area contributed by atoms with Gasteiger partial charge in [-0.3, -0.25) is 9.59 Å². The van der Waals surface area contributed by atoms with Crippen molar-refractivity contribution in [3.05, 3.63) is 0 Å². The lowest BCUT2D eigenvalue weighted by molar-refractivity contribution is -0.143. The van der Waals surface area contributed by atoms with Crippen molar-refractivity contribution in [2.75, 3.05) is 0 Å². The number of hydrogen-bond acceptors (Lipinski definition) is 4. The lowest BCUT2D eigenvalue weighted by atomic mass is 10.3. The Hall–Kier alpha value is -1.10. The van der Waals surface area contributed by atoms with Crippen LogP contribution in [0.1, 0.15) is 12.8 Å². The van der Waals surface area contributed by atoms with Crippen LogP contribution in [0, 0.1) is 0 Å². The molecule has 0 heterocycles. The molecule has 0 aliphatic heterocycles. The van der Waals surface area contributed by atoms with Crippen LogP contribution < -0.4 is 0 Å². The highest BCUT2D eigenvalue weighted by Gasteiger charge is 2.09. The highest BCUT2D eigenvalue weighted by molar-refractivity contribution is 6.61. The molecule has 0 saturated heterocycles. The molecular formula is C5H5ClO5. The van der Waals surface area contributed by atoms with Gasteiger partial charge in [-0.25, -0.2) is 4.79 Å². The first-order chi connectivity index (χ1) is 5.02. The van der Waals surface area contributed by atoms with Crippen LogP contribution in [-0.4, -0.2) is 22.5 Å². The lowest BCUT2D eigenvalue weighted by Crippen LogP contribution is -2.08. The second-order valence-electron chi connectivity index (χ2n) is 1.61. The molecule has 0 aromatic heterocycles. The average Bonchev–Trinajstić information content (AvgIpc) is 1.82.